The summed E-state index contributed by atoms with van der Waals surface area (Å²) in [4.78, 5) is 12.4. The van der Waals surface area contributed by atoms with Crippen LogP contribution in [-0.4, -0.2) is 17.0 Å². The molecule has 0 aromatic rings. The molecule has 0 radical (unpaired) electrons. The van der Waals surface area contributed by atoms with Crippen molar-refractivity contribution in [1.82, 2.24) is 0 Å². The van der Waals surface area contributed by atoms with Crippen molar-refractivity contribution in [2.45, 2.75) is 78.2 Å². The number of carbonyl (C=O) groups excluding carboxylic acids is 1. The summed E-state index contributed by atoms with van der Waals surface area (Å²) < 4.78 is 0. The molecule has 4 rings (SSSR count). The first-order valence-corrected chi connectivity index (χ1v) is 9.57. The number of aliphatic hydroxyl groups is 1. The zero-order valence-electron chi connectivity index (χ0n) is 14.5. The molecule has 0 aliphatic heterocycles. The van der Waals surface area contributed by atoms with Gasteiger partial charge in [0, 0.05) is 11.8 Å². The summed E-state index contributed by atoms with van der Waals surface area (Å²) in [6, 6.07) is 0. The van der Waals surface area contributed by atoms with Gasteiger partial charge in [0.1, 0.15) is 5.78 Å². The number of rotatable bonds is 0. The lowest BCUT2D eigenvalue weighted by atomic mass is 9.44. The van der Waals surface area contributed by atoms with Crippen LogP contribution in [0.15, 0.2) is 0 Å². The van der Waals surface area contributed by atoms with E-state index in [0.29, 0.717) is 29.0 Å². The second-order valence-electron chi connectivity index (χ2n) is 9.56. The highest BCUT2D eigenvalue weighted by Gasteiger charge is 2.60. The van der Waals surface area contributed by atoms with E-state index < -0.39 is 0 Å². The summed E-state index contributed by atoms with van der Waals surface area (Å²) in [5, 5.41) is 10.3. The van der Waals surface area contributed by atoms with Crippen molar-refractivity contribution in [1.29, 1.82) is 0 Å². The maximum atomic E-state index is 12.4. The molecule has 0 heterocycles. The van der Waals surface area contributed by atoms with Gasteiger partial charge in [0.2, 0.25) is 0 Å². The van der Waals surface area contributed by atoms with E-state index in [0.717, 1.165) is 37.5 Å². The molecule has 2 heteroatoms. The summed E-state index contributed by atoms with van der Waals surface area (Å²) in [5.74, 6) is 3.92. The molecule has 8 atom stereocenters. The van der Waals surface area contributed by atoms with Crippen LogP contribution in [0.3, 0.4) is 0 Å². The summed E-state index contributed by atoms with van der Waals surface area (Å²) in [5.41, 5.74) is 0.415. The van der Waals surface area contributed by atoms with E-state index in [-0.39, 0.29) is 11.5 Å². The average molecular weight is 304 g/mol. The SMILES string of the molecule is C[C@H]1C[C@@]2(C)[C@H](CC[C@@H]3[C@@H]2CC[C@]2(C)C(=O)CC[C@@H]32)C[C@@H]1O. The molecular formula is C20H32O2. The Morgan fingerprint density at radius 3 is 2.64 bits per heavy atom. The highest BCUT2D eigenvalue weighted by Crippen LogP contribution is 2.65. The van der Waals surface area contributed by atoms with Gasteiger partial charge in [-0.1, -0.05) is 20.8 Å². The normalized spacial score (nSPS) is 57.9. The van der Waals surface area contributed by atoms with E-state index in [1.807, 2.05) is 0 Å². The molecule has 1 N–H and O–H groups in total. The monoisotopic (exact) mass is 304 g/mol. The smallest absolute Gasteiger partial charge is 0.139 e. The minimum Gasteiger partial charge on any atom is -0.393 e. The highest BCUT2D eigenvalue weighted by molar-refractivity contribution is 5.87. The first-order valence-electron chi connectivity index (χ1n) is 9.57. The van der Waals surface area contributed by atoms with Crippen LogP contribution in [0.5, 0.6) is 0 Å². The summed E-state index contributed by atoms with van der Waals surface area (Å²) in [6.45, 7) is 7.03. The van der Waals surface area contributed by atoms with Gasteiger partial charge in [0.25, 0.3) is 0 Å². The van der Waals surface area contributed by atoms with Crippen molar-refractivity contribution in [3.05, 3.63) is 0 Å². The number of aliphatic hydroxyl groups excluding tert-OH is 1. The quantitative estimate of drug-likeness (QED) is 0.728. The van der Waals surface area contributed by atoms with E-state index in [1.54, 1.807) is 0 Å². The largest absolute Gasteiger partial charge is 0.393 e. The molecular weight excluding hydrogens is 272 g/mol. The van der Waals surface area contributed by atoms with Gasteiger partial charge in [0.05, 0.1) is 6.10 Å². The molecule has 4 aliphatic carbocycles. The van der Waals surface area contributed by atoms with Gasteiger partial charge in [-0.3, -0.25) is 4.79 Å². The van der Waals surface area contributed by atoms with Gasteiger partial charge in [-0.2, -0.15) is 0 Å². The van der Waals surface area contributed by atoms with Gasteiger partial charge in [-0.15, -0.1) is 0 Å². The van der Waals surface area contributed by atoms with Gasteiger partial charge in [-0.25, -0.2) is 0 Å². The van der Waals surface area contributed by atoms with E-state index in [4.69, 9.17) is 0 Å². The molecule has 0 amide bonds. The van der Waals surface area contributed by atoms with Crippen LogP contribution < -0.4 is 0 Å². The van der Waals surface area contributed by atoms with Crippen LogP contribution in [-0.2, 0) is 4.79 Å². The van der Waals surface area contributed by atoms with Crippen molar-refractivity contribution in [2.75, 3.05) is 0 Å². The van der Waals surface area contributed by atoms with Crippen molar-refractivity contribution in [3.63, 3.8) is 0 Å². The molecule has 0 aromatic carbocycles. The Morgan fingerprint density at radius 1 is 1.09 bits per heavy atom. The molecule has 0 saturated heterocycles. The fourth-order valence-electron chi connectivity index (χ4n) is 7.36. The number of carbonyl (C=O) groups is 1. The third-order valence-corrected chi connectivity index (χ3v) is 8.72. The second-order valence-corrected chi connectivity index (χ2v) is 9.56. The van der Waals surface area contributed by atoms with E-state index >= 15 is 0 Å². The number of fused-ring (bicyclic) bond motifs is 5. The van der Waals surface area contributed by atoms with Crippen LogP contribution >= 0.6 is 0 Å². The standard InChI is InChI=1S/C20H32O2/c1-12-11-20(3)13(10-17(12)21)4-5-14-15-6-7-18(22)19(15,2)9-8-16(14)20/h12-17,21H,4-11H2,1-3H3/t12-,13+,14-,15-,16-,17-,19-,20-/m0/s1. The van der Waals surface area contributed by atoms with E-state index in [1.165, 1.54) is 25.7 Å². The third kappa shape index (κ3) is 1.85. The Hall–Kier alpha value is -0.370. The predicted octanol–water partition coefficient (Wildman–Crippen LogP) is 4.21. The first-order chi connectivity index (χ1) is 10.4. The Balaban J connectivity index is 1.65. The van der Waals surface area contributed by atoms with Crippen molar-refractivity contribution in [3.8, 4) is 0 Å². The van der Waals surface area contributed by atoms with E-state index in [2.05, 4.69) is 20.8 Å². The summed E-state index contributed by atoms with van der Waals surface area (Å²) in [7, 11) is 0. The second kappa shape index (κ2) is 4.82. The van der Waals surface area contributed by atoms with Crippen LogP contribution in [0.4, 0.5) is 0 Å². The molecule has 124 valence electrons. The fourth-order valence-corrected chi connectivity index (χ4v) is 7.36. The number of ketones is 1. The van der Waals surface area contributed by atoms with Crippen LogP contribution in [0.1, 0.15) is 72.1 Å². The third-order valence-electron chi connectivity index (χ3n) is 8.72. The topological polar surface area (TPSA) is 37.3 Å². The molecule has 2 nitrogen and oxygen atoms in total. The minimum absolute atomic E-state index is 0.00413. The Morgan fingerprint density at radius 2 is 1.86 bits per heavy atom. The van der Waals surface area contributed by atoms with Gasteiger partial charge in [-0.05, 0) is 80.0 Å². The van der Waals surface area contributed by atoms with Gasteiger partial charge < -0.3 is 5.11 Å². The Bertz CT molecular complexity index is 486. The molecule has 0 unspecified atom stereocenters. The zero-order valence-corrected chi connectivity index (χ0v) is 14.5. The predicted molar refractivity (Wildman–Crippen MR) is 87.3 cm³/mol. The van der Waals surface area contributed by atoms with Gasteiger partial charge in [0.15, 0.2) is 0 Å². The molecule has 4 fully saturated rings. The minimum atomic E-state index is -0.0865. The molecule has 0 aromatic heterocycles. The Kier molecular flexibility index (Phi) is 3.32. The van der Waals surface area contributed by atoms with Crippen molar-refractivity contribution >= 4 is 5.78 Å². The zero-order chi connectivity index (χ0) is 15.7. The fraction of sp³-hybridized carbons (Fsp3) is 0.950. The number of Topliss-reactive ketones (excluding diaryl/α,β-unsaturated/α-hetero) is 1. The lowest BCUT2D eigenvalue weighted by Gasteiger charge is -2.61. The van der Waals surface area contributed by atoms with E-state index in [9.17, 15) is 9.90 Å². The lowest BCUT2D eigenvalue weighted by molar-refractivity contribution is -0.148. The van der Waals surface area contributed by atoms with Crippen molar-refractivity contribution < 1.29 is 9.90 Å². The molecule has 22 heavy (non-hydrogen) atoms. The highest BCUT2D eigenvalue weighted by atomic mass is 16.3. The van der Waals surface area contributed by atoms with Crippen LogP contribution in [0.2, 0.25) is 0 Å². The maximum Gasteiger partial charge on any atom is 0.139 e. The summed E-state index contributed by atoms with van der Waals surface area (Å²) in [6.07, 6.45) is 9.06. The van der Waals surface area contributed by atoms with Crippen molar-refractivity contribution in [2.24, 2.45) is 40.4 Å². The lowest BCUT2D eigenvalue weighted by Crippen LogP contribution is -2.55. The Labute approximate surface area is 135 Å². The number of hydrogen-bond acceptors (Lipinski definition) is 2. The molecule has 0 bridgehead atoms. The van der Waals surface area contributed by atoms with Gasteiger partial charge >= 0.3 is 0 Å². The summed E-state index contributed by atoms with van der Waals surface area (Å²) >= 11 is 0. The molecule has 4 saturated carbocycles. The van der Waals surface area contributed by atoms with Crippen LogP contribution in [0, 0.1) is 40.4 Å². The average Bonchev–Trinajstić information content (AvgIpc) is 2.77. The molecule has 4 aliphatic rings. The first kappa shape index (κ1) is 15.2. The maximum absolute atomic E-state index is 12.4. The van der Waals surface area contributed by atoms with Crippen LogP contribution in [0.25, 0.3) is 0 Å². The number of hydrogen-bond donors (Lipinski definition) is 1. The molecule has 0 spiro atoms.